The van der Waals surface area contributed by atoms with E-state index in [0.717, 1.165) is 6.07 Å². The summed E-state index contributed by atoms with van der Waals surface area (Å²) < 4.78 is 55.5. The minimum Gasteiger partial charge on any atom is -0.383 e. The number of hydrogen-bond donors (Lipinski definition) is 2. The second-order valence-corrected chi connectivity index (χ2v) is 4.19. The molecule has 1 aromatic rings. The largest absolute Gasteiger partial charge is 0.419 e. The third-order valence-corrected chi connectivity index (χ3v) is 2.60. The van der Waals surface area contributed by atoms with E-state index < -0.39 is 23.5 Å². The Labute approximate surface area is 119 Å². The molecular weight excluding hydrogens is 292 g/mol. The van der Waals surface area contributed by atoms with Crippen LogP contribution < -0.4 is 10.6 Å². The van der Waals surface area contributed by atoms with E-state index in [1.807, 2.05) is 0 Å². The Morgan fingerprint density at radius 3 is 2.57 bits per heavy atom. The van der Waals surface area contributed by atoms with Crippen LogP contribution in [-0.2, 0) is 10.9 Å². The minimum absolute atomic E-state index is 0.236. The quantitative estimate of drug-likeness (QED) is 0.597. The van der Waals surface area contributed by atoms with E-state index in [1.54, 1.807) is 7.11 Å². The van der Waals surface area contributed by atoms with Crippen LogP contribution in [0.4, 0.5) is 17.6 Å². The summed E-state index contributed by atoms with van der Waals surface area (Å²) in [6.07, 6.45) is -4.83. The molecule has 0 atom stereocenters. The van der Waals surface area contributed by atoms with Gasteiger partial charge in [-0.05, 0) is 18.2 Å². The second-order valence-electron chi connectivity index (χ2n) is 4.19. The highest BCUT2D eigenvalue weighted by Crippen LogP contribution is 2.31. The van der Waals surface area contributed by atoms with Crippen LogP contribution in [0.5, 0.6) is 0 Å². The topological polar surface area (TPSA) is 50.4 Å². The van der Waals surface area contributed by atoms with Crippen LogP contribution in [0.2, 0.25) is 0 Å². The van der Waals surface area contributed by atoms with Crippen LogP contribution in [0, 0.1) is 5.82 Å². The molecule has 1 aromatic carbocycles. The van der Waals surface area contributed by atoms with E-state index in [-0.39, 0.29) is 12.1 Å². The fraction of sp³-hybridized carbons (Fsp3) is 0.462. The van der Waals surface area contributed by atoms with Crippen molar-refractivity contribution in [2.45, 2.75) is 6.18 Å². The molecule has 2 N–H and O–H groups in total. The number of carbonyl (C=O) groups is 1. The summed E-state index contributed by atoms with van der Waals surface area (Å²) in [5.41, 5.74) is -1.69. The maximum atomic E-state index is 13.1. The van der Waals surface area contributed by atoms with Gasteiger partial charge in [-0.25, -0.2) is 4.39 Å². The maximum absolute atomic E-state index is 13.1. The zero-order valence-corrected chi connectivity index (χ0v) is 11.4. The first-order chi connectivity index (χ1) is 9.86. The number of methoxy groups -OCH3 is 1. The number of alkyl halides is 3. The number of ether oxygens (including phenoxy) is 1. The van der Waals surface area contributed by atoms with E-state index >= 15 is 0 Å². The van der Waals surface area contributed by atoms with Gasteiger partial charge in [-0.3, -0.25) is 4.79 Å². The van der Waals surface area contributed by atoms with Crippen molar-refractivity contribution in [1.82, 2.24) is 10.6 Å². The first-order valence-electron chi connectivity index (χ1n) is 6.21. The number of halogens is 4. The van der Waals surface area contributed by atoms with Gasteiger partial charge in [0.1, 0.15) is 5.82 Å². The van der Waals surface area contributed by atoms with E-state index in [2.05, 4.69) is 10.6 Å². The molecule has 0 heterocycles. The highest BCUT2D eigenvalue weighted by atomic mass is 19.4. The number of carbonyl (C=O) groups excluding carboxylic acids is 1. The molecule has 0 aliphatic rings. The highest BCUT2D eigenvalue weighted by Gasteiger charge is 2.34. The third-order valence-electron chi connectivity index (χ3n) is 2.60. The van der Waals surface area contributed by atoms with Crippen molar-refractivity contribution in [3.63, 3.8) is 0 Å². The summed E-state index contributed by atoms with van der Waals surface area (Å²) in [6.45, 7) is 1.80. The van der Waals surface area contributed by atoms with Gasteiger partial charge in [0.15, 0.2) is 0 Å². The van der Waals surface area contributed by atoms with Crippen molar-refractivity contribution in [3.05, 3.63) is 35.1 Å². The molecule has 0 aliphatic heterocycles. The first kappa shape index (κ1) is 17.4. The molecule has 21 heavy (non-hydrogen) atoms. The summed E-state index contributed by atoms with van der Waals surface area (Å²) in [7, 11) is 1.55. The monoisotopic (exact) mass is 308 g/mol. The van der Waals surface area contributed by atoms with Crippen LogP contribution in [0.15, 0.2) is 18.2 Å². The van der Waals surface area contributed by atoms with E-state index in [1.165, 1.54) is 0 Å². The number of benzene rings is 1. The molecule has 0 saturated carbocycles. The molecule has 1 amide bonds. The molecule has 4 nitrogen and oxygen atoms in total. The van der Waals surface area contributed by atoms with Crippen molar-refractivity contribution in [2.75, 3.05) is 33.4 Å². The summed E-state index contributed by atoms with van der Waals surface area (Å²) in [4.78, 5) is 11.7. The molecule has 0 saturated heterocycles. The van der Waals surface area contributed by atoms with Crippen molar-refractivity contribution < 1.29 is 27.1 Å². The third kappa shape index (κ3) is 5.68. The Kier molecular flexibility index (Phi) is 6.57. The lowest BCUT2D eigenvalue weighted by molar-refractivity contribution is -0.140. The van der Waals surface area contributed by atoms with Gasteiger partial charge in [-0.15, -0.1) is 0 Å². The number of nitrogens with one attached hydrogen (secondary N) is 2. The summed E-state index contributed by atoms with van der Waals surface area (Å²) >= 11 is 0. The number of hydrogen-bond acceptors (Lipinski definition) is 3. The molecule has 0 fully saturated rings. The molecule has 0 bridgehead atoms. The molecule has 8 heteroatoms. The van der Waals surface area contributed by atoms with Crippen LogP contribution in [0.1, 0.15) is 15.9 Å². The van der Waals surface area contributed by atoms with Gasteiger partial charge in [0.25, 0.3) is 5.91 Å². The van der Waals surface area contributed by atoms with Gasteiger partial charge in [0.2, 0.25) is 0 Å². The van der Waals surface area contributed by atoms with Crippen LogP contribution in [0.3, 0.4) is 0 Å². The lowest BCUT2D eigenvalue weighted by Gasteiger charge is -2.10. The Hall–Kier alpha value is -1.67. The summed E-state index contributed by atoms with van der Waals surface area (Å²) in [5, 5.41) is 5.40. The fourth-order valence-corrected chi connectivity index (χ4v) is 1.55. The van der Waals surface area contributed by atoms with E-state index in [9.17, 15) is 22.4 Å². The molecule has 118 valence electrons. The summed E-state index contributed by atoms with van der Waals surface area (Å²) in [5.74, 6) is -2.09. The van der Waals surface area contributed by atoms with Gasteiger partial charge in [0.05, 0.1) is 12.2 Å². The Bertz CT molecular complexity index is 478. The predicted octanol–water partition coefficient (Wildman–Crippen LogP) is 1.81. The SMILES string of the molecule is COCCNCCNC(=O)c1ccc(F)c(C(F)(F)F)c1. The molecular formula is C13H16F4N2O2. The molecule has 0 radical (unpaired) electrons. The van der Waals surface area contributed by atoms with Crippen molar-refractivity contribution >= 4 is 5.91 Å². The average molecular weight is 308 g/mol. The molecule has 0 aliphatic carbocycles. The smallest absolute Gasteiger partial charge is 0.383 e. The summed E-state index contributed by atoms with van der Waals surface area (Å²) in [6, 6.07) is 2.15. The Balaban J connectivity index is 2.55. The minimum atomic E-state index is -4.83. The second kappa shape index (κ2) is 7.94. The Morgan fingerprint density at radius 1 is 1.24 bits per heavy atom. The highest BCUT2D eigenvalue weighted by molar-refractivity contribution is 5.94. The van der Waals surface area contributed by atoms with Gasteiger partial charge >= 0.3 is 6.18 Å². The van der Waals surface area contributed by atoms with Gasteiger partial charge in [-0.2, -0.15) is 13.2 Å². The molecule has 0 unspecified atom stereocenters. The molecule has 0 spiro atoms. The molecule has 0 aromatic heterocycles. The van der Waals surface area contributed by atoms with Crippen molar-refractivity contribution in [3.8, 4) is 0 Å². The maximum Gasteiger partial charge on any atom is 0.419 e. The Morgan fingerprint density at radius 2 is 1.95 bits per heavy atom. The average Bonchev–Trinajstić information content (AvgIpc) is 2.41. The van der Waals surface area contributed by atoms with Gasteiger partial charge in [-0.1, -0.05) is 0 Å². The number of amides is 1. The lowest BCUT2D eigenvalue weighted by atomic mass is 10.1. The van der Waals surface area contributed by atoms with Crippen molar-refractivity contribution in [1.29, 1.82) is 0 Å². The predicted molar refractivity (Wildman–Crippen MR) is 68.5 cm³/mol. The normalized spacial score (nSPS) is 11.5. The van der Waals surface area contributed by atoms with E-state index in [4.69, 9.17) is 4.74 Å². The van der Waals surface area contributed by atoms with Crippen LogP contribution in [0.25, 0.3) is 0 Å². The van der Waals surface area contributed by atoms with Crippen LogP contribution >= 0.6 is 0 Å². The lowest BCUT2D eigenvalue weighted by Crippen LogP contribution is -2.33. The number of rotatable bonds is 7. The van der Waals surface area contributed by atoms with Crippen molar-refractivity contribution in [2.24, 2.45) is 0 Å². The zero-order valence-electron chi connectivity index (χ0n) is 11.4. The van der Waals surface area contributed by atoms with Gasteiger partial charge < -0.3 is 15.4 Å². The van der Waals surface area contributed by atoms with E-state index in [0.29, 0.717) is 31.8 Å². The van der Waals surface area contributed by atoms with Gasteiger partial charge in [0, 0.05) is 32.3 Å². The molecule has 1 rings (SSSR count). The fourth-order valence-electron chi connectivity index (χ4n) is 1.55. The zero-order chi connectivity index (χ0) is 15.9. The van der Waals surface area contributed by atoms with Crippen LogP contribution in [-0.4, -0.2) is 39.3 Å². The standard InChI is InChI=1S/C13H16F4N2O2/c1-21-7-6-18-4-5-19-12(20)9-2-3-11(14)10(8-9)13(15,16)17/h2-3,8,18H,4-7H2,1H3,(H,19,20). The first-order valence-corrected chi connectivity index (χ1v) is 6.21.